The normalized spacial score (nSPS) is 11.6. The Bertz CT molecular complexity index is 369. The van der Waals surface area contributed by atoms with Crippen molar-refractivity contribution >= 4 is 0 Å². The smallest absolute Gasteiger partial charge is 0.125 e. The van der Waals surface area contributed by atoms with E-state index >= 15 is 0 Å². The highest BCUT2D eigenvalue weighted by Gasteiger charge is 2.21. The zero-order valence-electron chi connectivity index (χ0n) is 10.2. The Hall–Kier alpha value is -1.26. The van der Waals surface area contributed by atoms with Crippen LogP contribution >= 0.6 is 0 Å². The zero-order valence-corrected chi connectivity index (χ0v) is 10.2. The second-order valence-electron chi connectivity index (χ2n) is 4.74. The number of aromatic hydroxyl groups is 1. The number of nitrogens with two attached hydrogens (primary N) is 1. The maximum Gasteiger partial charge on any atom is 0.125 e. The summed E-state index contributed by atoms with van der Waals surface area (Å²) in [6.07, 6.45) is 0. The molecule has 0 atom stereocenters. The number of hydrogen-bond acceptors (Lipinski definition) is 4. The first kappa shape index (κ1) is 12.8. The summed E-state index contributed by atoms with van der Waals surface area (Å²) in [4.78, 5) is 4.56. The van der Waals surface area contributed by atoms with Crippen LogP contribution in [0.5, 0.6) is 11.5 Å². The minimum Gasteiger partial charge on any atom is -0.507 e. The van der Waals surface area contributed by atoms with E-state index in [2.05, 4.69) is 4.84 Å². The lowest BCUT2D eigenvalue weighted by Gasteiger charge is -2.22. The molecule has 3 N–H and O–H groups in total. The number of benzene rings is 1. The second kappa shape index (κ2) is 4.72. The lowest BCUT2D eigenvalue weighted by Crippen LogP contribution is -2.13. The van der Waals surface area contributed by atoms with E-state index in [1.165, 1.54) is 0 Å². The van der Waals surface area contributed by atoms with Crippen molar-refractivity contribution in [2.24, 2.45) is 5.90 Å². The predicted molar refractivity (Wildman–Crippen MR) is 62.3 cm³/mol. The molecule has 0 unspecified atom stereocenters. The fourth-order valence-electron chi connectivity index (χ4n) is 1.55. The third-order valence-electron chi connectivity index (χ3n) is 2.44. The SMILES string of the molecule is COc1cc(CON)c(O)c(C(C)(C)C)c1. The summed E-state index contributed by atoms with van der Waals surface area (Å²) < 4.78 is 5.18. The lowest BCUT2D eigenvalue weighted by molar-refractivity contribution is 0.122. The topological polar surface area (TPSA) is 64.7 Å². The second-order valence-corrected chi connectivity index (χ2v) is 4.74. The first-order valence-electron chi connectivity index (χ1n) is 5.12. The minimum absolute atomic E-state index is 0.159. The first-order chi connectivity index (χ1) is 7.40. The number of methoxy groups -OCH3 is 1. The highest BCUT2D eigenvalue weighted by atomic mass is 16.6. The van der Waals surface area contributed by atoms with E-state index in [1.54, 1.807) is 13.2 Å². The molecule has 0 aliphatic carbocycles. The molecule has 1 rings (SSSR count). The molecule has 0 fully saturated rings. The van der Waals surface area contributed by atoms with Crippen LogP contribution < -0.4 is 10.6 Å². The van der Waals surface area contributed by atoms with Crippen LogP contribution in [0.3, 0.4) is 0 Å². The maximum absolute atomic E-state index is 10.1. The molecule has 1 aromatic carbocycles. The molecule has 0 aliphatic heterocycles. The van der Waals surface area contributed by atoms with E-state index in [1.807, 2.05) is 26.8 Å². The van der Waals surface area contributed by atoms with Crippen molar-refractivity contribution in [3.05, 3.63) is 23.3 Å². The number of phenolic OH excluding ortho intramolecular Hbond substituents is 1. The number of ether oxygens (including phenoxy) is 1. The molecule has 0 amide bonds. The molecule has 0 spiro atoms. The first-order valence-corrected chi connectivity index (χ1v) is 5.12. The number of rotatable bonds is 3. The van der Waals surface area contributed by atoms with Crippen LogP contribution in [0.15, 0.2) is 12.1 Å². The molecule has 1 aromatic rings. The van der Waals surface area contributed by atoms with Gasteiger partial charge >= 0.3 is 0 Å². The van der Waals surface area contributed by atoms with Gasteiger partial charge in [-0.3, -0.25) is 4.84 Å². The Morgan fingerprint density at radius 1 is 1.31 bits per heavy atom. The van der Waals surface area contributed by atoms with E-state index in [4.69, 9.17) is 10.6 Å². The average Bonchev–Trinajstić information content (AvgIpc) is 2.19. The standard InChI is InChI=1S/C12H19NO3/c1-12(2,3)10-6-9(15-4)5-8(7-16-13)11(10)14/h5-6,14H,7,13H2,1-4H3. The summed E-state index contributed by atoms with van der Waals surface area (Å²) in [6.45, 7) is 6.23. The van der Waals surface area contributed by atoms with E-state index < -0.39 is 0 Å². The van der Waals surface area contributed by atoms with Gasteiger partial charge in [0.25, 0.3) is 0 Å². The van der Waals surface area contributed by atoms with Crippen molar-refractivity contribution in [1.29, 1.82) is 0 Å². The Morgan fingerprint density at radius 2 is 1.94 bits per heavy atom. The lowest BCUT2D eigenvalue weighted by atomic mass is 9.85. The summed E-state index contributed by atoms with van der Waals surface area (Å²) >= 11 is 0. The molecule has 16 heavy (non-hydrogen) atoms. The molecule has 4 nitrogen and oxygen atoms in total. The summed E-state index contributed by atoms with van der Waals surface area (Å²) in [5, 5.41) is 10.1. The van der Waals surface area contributed by atoms with Crippen LogP contribution in [0.25, 0.3) is 0 Å². The highest BCUT2D eigenvalue weighted by Crippen LogP contribution is 2.36. The van der Waals surface area contributed by atoms with E-state index in [9.17, 15) is 5.11 Å². The van der Waals surface area contributed by atoms with Crippen LogP contribution in [0.2, 0.25) is 0 Å². The van der Waals surface area contributed by atoms with Crippen molar-refractivity contribution in [2.45, 2.75) is 32.8 Å². The van der Waals surface area contributed by atoms with E-state index in [0.717, 1.165) is 5.56 Å². The van der Waals surface area contributed by atoms with Gasteiger partial charge in [0.1, 0.15) is 11.5 Å². The van der Waals surface area contributed by atoms with Gasteiger partial charge in [0.05, 0.1) is 13.7 Å². The number of phenols is 1. The van der Waals surface area contributed by atoms with E-state index in [-0.39, 0.29) is 17.8 Å². The Balaban J connectivity index is 3.31. The average molecular weight is 225 g/mol. The van der Waals surface area contributed by atoms with Crippen molar-refractivity contribution in [1.82, 2.24) is 0 Å². The van der Waals surface area contributed by atoms with Crippen LogP contribution in [0, 0.1) is 0 Å². The van der Waals surface area contributed by atoms with Gasteiger partial charge in [-0.25, -0.2) is 5.90 Å². The van der Waals surface area contributed by atoms with Crippen molar-refractivity contribution < 1.29 is 14.7 Å². The van der Waals surface area contributed by atoms with Gasteiger partial charge in [-0.2, -0.15) is 0 Å². The fraction of sp³-hybridized carbons (Fsp3) is 0.500. The van der Waals surface area contributed by atoms with Gasteiger partial charge in [0.2, 0.25) is 0 Å². The Morgan fingerprint density at radius 3 is 2.38 bits per heavy atom. The van der Waals surface area contributed by atoms with Crippen LogP contribution in [-0.4, -0.2) is 12.2 Å². The van der Waals surface area contributed by atoms with Gasteiger partial charge in [0.15, 0.2) is 0 Å². The monoisotopic (exact) mass is 225 g/mol. The quantitative estimate of drug-likeness (QED) is 0.773. The van der Waals surface area contributed by atoms with Gasteiger partial charge in [-0.1, -0.05) is 20.8 Å². The van der Waals surface area contributed by atoms with Crippen molar-refractivity contribution in [3.63, 3.8) is 0 Å². The van der Waals surface area contributed by atoms with Crippen LogP contribution in [0.1, 0.15) is 31.9 Å². The molecule has 90 valence electrons. The van der Waals surface area contributed by atoms with Gasteiger partial charge in [0, 0.05) is 11.1 Å². The Labute approximate surface area is 95.9 Å². The summed E-state index contributed by atoms with van der Waals surface area (Å²) in [5.41, 5.74) is 1.28. The molecule has 4 heteroatoms. The van der Waals surface area contributed by atoms with E-state index in [0.29, 0.717) is 11.3 Å². The third kappa shape index (κ3) is 2.65. The highest BCUT2D eigenvalue weighted by molar-refractivity contribution is 5.49. The summed E-state index contributed by atoms with van der Waals surface area (Å²) in [7, 11) is 1.59. The molecular weight excluding hydrogens is 206 g/mol. The summed E-state index contributed by atoms with van der Waals surface area (Å²) in [6, 6.07) is 3.55. The van der Waals surface area contributed by atoms with Crippen LogP contribution in [-0.2, 0) is 16.9 Å². The van der Waals surface area contributed by atoms with Gasteiger partial charge in [-0.15, -0.1) is 0 Å². The fourth-order valence-corrected chi connectivity index (χ4v) is 1.55. The predicted octanol–water partition coefficient (Wildman–Crippen LogP) is 2.09. The number of hydrogen-bond donors (Lipinski definition) is 2. The Kier molecular flexibility index (Phi) is 3.78. The molecule has 0 saturated heterocycles. The molecule has 0 bridgehead atoms. The summed E-state index contributed by atoms with van der Waals surface area (Å²) in [5.74, 6) is 5.94. The minimum atomic E-state index is -0.165. The van der Waals surface area contributed by atoms with Gasteiger partial charge in [-0.05, 0) is 17.5 Å². The molecule has 0 aliphatic rings. The van der Waals surface area contributed by atoms with Crippen molar-refractivity contribution in [2.75, 3.05) is 7.11 Å². The maximum atomic E-state index is 10.1. The molecule has 0 aromatic heterocycles. The van der Waals surface area contributed by atoms with Gasteiger partial charge < -0.3 is 9.84 Å². The van der Waals surface area contributed by atoms with Crippen LogP contribution in [0.4, 0.5) is 0 Å². The molecule has 0 saturated carbocycles. The van der Waals surface area contributed by atoms with Crippen molar-refractivity contribution in [3.8, 4) is 11.5 Å². The molecular formula is C12H19NO3. The molecule has 0 heterocycles. The molecule has 0 radical (unpaired) electrons. The largest absolute Gasteiger partial charge is 0.507 e. The third-order valence-corrected chi connectivity index (χ3v) is 2.44. The zero-order chi connectivity index (χ0) is 12.3.